The standard InChI is InChI=1S/C15H18O/c1-12(2)11-13(3)9-10-14-7-5-6-8-15(14)16-4/h5-8,12H,3,11H2,1-2,4H3. The third-order valence-corrected chi connectivity index (χ3v) is 2.14. The highest BCUT2D eigenvalue weighted by molar-refractivity contribution is 5.48. The summed E-state index contributed by atoms with van der Waals surface area (Å²) in [5.74, 6) is 7.58. The summed E-state index contributed by atoms with van der Waals surface area (Å²) < 4.78 is 5.23. The van der Waals surface area contributed by atoms with E-state index in [9.17, 15) is 0 Å². The first-order valence-electron chi connectivity index (χ1n) is 5.46. The molecular weight excluding hydrogens is 196 g/mol. The summed E-state index contributed by atoms with van der Waals surface area (Å²) in [5.41, 5.74) is 1.89. The maximum Gasteiger partial charge on any atom is 0.134 e. The van der Waals surface area contributed by atoms with Crippen LogP contribution < -0.4 is 4.74 Å². The second kappa shape index (κ2) is 6.02. The third kappa shape index (κ3) is 3.82. The second-order valence-corrected chi connectivity index (χ2v) is 4.15. The normalized spacial score (nSPS) is 9.50. The van der Waals surface area contributed by atoms with Crippen molar-refractivity contribution in [2.24, 2.45) is 5.92 Å². The fraction of sp³-hybridized carbons (Fsp3) is 0.333. The Labute approximate surface area is 98.1 Å². The zero-order valence-electron chi connectivity index (χ0n) is 10.2. The fourth-order valence-corrected chi connectivity index (χ4v) is 1.45. The largest absolute Gasteiger partial charge is 0.495 e. The molecule has 0 aliphatic heterocycles. The molecule has 0 radical (unpaired) electrons. The second-order valence-electron chi connectivity index (χ2n) is 4.15. The molecule has 84 valence electrons. The SMILES string of the molecule is C=C(C#Cc1ccccc1OC)CC(C)C. The molecule has 1 aromatic carbocycles. The Hall–Kier alpha value is -1.68. The Balaban J connectivity index is 2.80. The van der Waals surface area contributed by atoms with Crippen LogP contribution in [0.3, 0.4) is 0 Å². The van der Waals surface area contributed by atoms with Gasteiger partial charge in [0.1, 0.15) is 5.75 Å². The molecule has 0 atom stereocenters. The van der Waals surface area contributed by atoms with E-state index < -0.39 is 0 Å². The number of hydrogen-bond acceptors (Lipinski definition) is 1. The maximum absolute atomic E-state index is 5.23. The topological polar surface area (TPSA) is 9.23 Å². The predicted molar refractivity (Wildman–Crippen MR) is 68.5 cm³/mol. The molecule has 1 heteroatoms. The van der Waals surface area contributed by atoms with Crippen LogP contribution in [-0.2, 0) is 0 Å². The Bertz CT molecular complexity index is 419. The lowest BCUT2D eigenvalue weighted by molar-refractivity contribution is 0.413. The summed E-state index contributed by atoms with van der Waals surface area (Å²) in [5, 5.41) is 0. The van der Waals surface area contributed by atoms with Crippen molar-refractivity contribution in [3.63, 3.8) is 0 Å². The number of benzene rings is 1. The molecule has 0 aliphatic carbocycles. The number of ether oxygens (including phenoxy) is 1. The highest BCUT2D eigenvalue weighted by Crippen LogP contribution is 2.16. The van der Waals surface area contributed by atoms with Crippen LogP contribution in [0, 0.1) is 17.8 Å². The lowest BCUT2D eigenvalue weighted by Gasteiger charge is -2.02. The van der Waals surface area contributed by atoms with Crippen LogP contribution in [-0.4, -0.2) is 7.11 Å². The smallest absolute Gasteiger partial charge is 0.134 e. The third-order valence-electron chi connectivity index (χ3n) is 2.14. The van der Waals surface area contributed by atoms with Crippen molar-refractivity contribution in [2.45, 2.75) is 20.3 Å². The minimum absolute atomic E-state index is 0.597. The number of allylic oxidation sites excluding steroid dienone is 1. The average molecular weight is 214 g/mol. The van der Waals surface area contributed by atoms with Crippen LogP contribution in [0.2, 0.25) is 0 Å². The quantitative estimate of drug-likeness (QED) is 0.698. The van der Waals surface area contributed by atoms with Gasteiger partial charge in [-0.25, -0.2) is 0 Å². The molecule has 1 nitrogen and oxygen atoms in total. The number of hydrogen-bond donors (Lipinski definition) is 0. The van der Waals surface area contributed by atoms with Crippen molar-refractivity contribution in [1.29, 1.82) is 0 Å². The summed E-state index contributed by atoms with van der Waals surface area (Å²) in [4.78, 5) is 0. The van der Waals surface area contributed by atoms with E-state index in [-0.39, 0.29) is 0 Å². The minimum atomic E-state index is 0.597. The molecule has 0 N–H and O–H groups in total. The molecule has 1 aromatic rings. The lowest BCUT2D eigenvalue weighted by atomic mass is 10.0. The van der Waals surface area contributed by atoms with Crippen LogP contribution in [0.1, 0.15) is 25.8 Å². The predicted octanol–water partition coefficient (Wildman–Crippen LogP) is 3.65. The van der Waals surface area contributed by atoms with Crippen molar-refractivity contribution < 1.29 is 4.74 Å². The zero-order chi connectivity index (χ0) is 12.0. The van der Waals surface area contributed by atoms with Crippen LogP contribution in [0.25, 0.3) is 0 Å². The van der Waals surface area contributed by atoms with E-state index in [2.05, 4.69) is 32.3 Å². The Kier molecular flexibility index (Phi) is 4.66. The van der Waals surface area contributed by atoms with Gasteiger partial charge in [-0.3, -0.25) is 0 Å². The van der Waals surface area contributed by atoms with Gasteiger partial charge in [0.25, 0.3) is 0 Å². The molecule has 0 unspecified atom stereocenters. The highest BCUT2D eigenvalue weighted by atomic mass is 16.5. The molecule has 1 rings (SSSR count). The molecule has 0 amide bonds. The van der Waals surface area contributed by atoms with Crippen LogP contribution in [0.5, 0.6) is 5.75 Å². The van der Waals surface area contributed by atoms with Crippen LogP contribution >= 0.6 is 0 Å². The summed E-state index contributed by atoms with van der Waals surface area (Å²) in [6.45, 7) is 8.28. The zero-order valence-corrected chi connectivity index (χ0v) is 10.2. The first kappa shape index (κ1) is 12.4. The Morgan fingerprint density at radius 2 is 2.06 bits per heavy atom. The van der Waals surface area contributed by atoms with Gasteiger partial charge in [-0.05, 0) is 30.0 Å². The van der Waals surface area contributed by atoms with E-state index in [0.717, 1.165) is 23.3 Å². The molecule has 0 saturated carbocycles. The van der Waals surface area contributed by atoms with Crippen LogP contribution in [0.15, 0.2) is 36.4 Å². The van der Waals surface area contributed by atoms with Crippen molar-refractivity contribution in [3.05, 3.63) is 42.0 Å². The van der Waals surface area contributed by atoms with Gasteiger partial charge < -0.3 is 4.74 Å². The van der Waals surface area contributed by atoms with Crippen molar-refractivity contribution >= 4 is 0 Å². The van der Waals surface area contributed by atoms with Crippen LogP contribution in [0.4, 0.5) is 0 Å². The summed E-state index contributed by atoms with van der Waals surface area (Å²) in [7, 11) is 1.66. The van der Waals surface area contributed by atoms with E-state index in [1.165, 1.54) is 0 Å². The van der Waals surface area contributed by atoms with Crippen molar-refractivity contribution in [1.82, 2.24) is 0 Å². The van der Waals surface area contributed by atoms with E-state index in [0.29, 0.717) is 5.92 Å². The molecule has 0 bridgehead atoms. The lowest BCUT2D eigenvalue weighted by Crippen LogP contribution is -1.89. The first-order valence-corrected chi connectivity index (χ1v) is 5.46. The molecule has 0 spiro atoms. The van der Waals surface area contributed by atoms with Crippen molar-refractivity contribution in [3.8, 4) is 17.6 Å². The van der Waals surface area contributed by atoms with Gasteiger partial charge in [-0.15, -0.1) is 0 Å². The minimum Gasteiger partial charge on any atom is -0.495 e. The molecule has 0 aliphatic rings. The highest BCUT2D eigenvalue weighted by Gasteiger charge is 1.98. The summed E-state index contributed by atoms with van der Waals surface area (Å²) >= 11 is 0. The average Bonchev–Trinajstić information content (AvgIpc) is 2.26. The van der Waals surface area contributed by atoms with E-state index in [1.807, 2.05) is 24.3 Å². The van der Waals surface area contributed by atoms with Gasteiger partial charge in [-0.2, -0.15) is 0 Å². The maximum atomic E-state index is 5.23. The van der Waals surface area contributed by atoms with Gasteiger partial charge >= 0.3 is 0 Å². The van der Waals surface area contributed by atoms with Gasteiger partial charge in [0.15, 0.2) is 0 Å². The Morgan fingerprint density at radius 1 is 1.38 bits per heavy atom. The van der Waals surface area contributed by atoms with E-state index in [1.54, 1.807) is 7.11 Å². The molecule has 0 fully saturated rings. The molecule has 0 saturated heterocycles. The monoisotopic (exact) mass is 214 g/mol. The molecule has 0 aromatic heterocycles. The first-order chi connectivity index (χ1) is 7.63. The van der Waals surface area contributed by atoms with E-state index >= 15 is 0 Å². The molecule has 16 heavy (non-hydrogen) atoms. The van der Waals surface area contributed by atoms with Crippen molar-refractivity contribution in [2.75, 3.05) is 7.11 Å². The molecular formula is C15H18O. The summed E-state index contributed by atoms with van der Waals surface area (Å²) in [6.07, 6.45) is 0.947. The van der Waals surface area contributed by atoms with Gasteiger partial charge in [0, 0.05) is 0 Å². The van der Waals surface area contributed by atoms with E-state index in [4.69, 9.17) is 4.74 Å². The van der Waals surface area contributed by atoms with Gasteiger partial charge in [0.05, 0.1) is 12.7 Å². The van der Waals surface area contributed by atoms with Gasteiger partial charge in [-0.1, -0.05) is 44.4 Å². The Morgan fingerprint density at radius 3 is 2.69 bits per heavy atom. The van der Waals surface area contributed by atoms with Gasteiger partial charge in [0.2, 0.25) is 0 Å². The number of para-hydroxylation sites is 1. The fourth-order valence-electron chi connectivity index (χ4n) is 1.45. The number of rotatable bonds is 3. The summed E-state index contributed by atoms with van der Waals surface area (Å²) in [6, 6.07) is 7.76. The number of methoxy groups -OCH3 is 1. The molecule has 0 heterocycles.